The zero-order valence-corrected chi connectivity index (χ0v) is 16.3. The van der Waals surface area contributed by atoms with Gasteiger partial charge in [-0.2, -0.15) is 0 Å². The maximum absolute atomic E-state index is 10.00. The molecule has 0 fully saturated rings. The molecule has 0 bridgehead atoms. The first kappa shape index (κ1) is 17.4. The summed E-state index contributed by atoms with van der Waals surface area (Å²) < 4.78 is 0. The predicted molar refractivity (Wildman–Crippen MR) is 97.2 cm³/mol. The summed E-state index contributed by atoms with van der Waals surface area (Å²) in [5.41, 5.74) is 1.62. The van der Waals surface area contributed by atoms with Gasteiger partial charge in [0.1, 0.15) is 5.75 Å². The molecule has 2 nitrogen and oxygen atoms in total. The van der Waals surface area contributed by atoms with Gasteiger partial charge in [0.2, 0.25) is 0 Å². The Morgan fingerprint density at radius 3 is 2.23 bits per heavy atom. The van der Waals surface area contributed by atoms with Gasteiger partial charge in [-0.05, 0) is 29.0 Å². The van der Waals surface area contributed by atoms with Crippen LogP contribution in [0.25, 0.3) is 10.8 Å². The fourth-order valence-electron chi connectivity index (χ4n) is 2.07. The number of nitrogens with zero attached hydrogens (tertiary/aromatic N) is 1. The minimum absolute atomic E-state index is 0.125. The molecule has 0 saturated carbocycles. The molecule has 110 valence electrons. The average Bonchev–Trinajstić information content (AvgIpc) is 2.56. The van der Waals surface area contributed by atoms with Gasteiger partial charge in [0, 0.05) is 11.8 Å². The third kappa shape index (κ3) is 4.78. The van der Waals surface area contributed by atoms with Crippen LogP contribution in [0, 0.1) is 0 Å². The van der Waals surface area contributed by atoms with Crippen LogP contribution in [0.15, 0.2) is 71.7 Å². The van der Waals surface area contributed by atoms with Crippen LogP contribution in [0.5, 0.6) is 5.75 Å². The predicted octanol–water partition coefficient (Wildman–Crippen LogP) is 5.98. The van der Waals surface area contributed by atoms with Crippen molar-refractivity contribution >= 4 is 49.0 Å². The van der Waals surface area contributed by atoms with E-state index in [2.05, 4.69) is 31.3 Å². The van der Waals surface area contributed by atoms with Gasteiger partial charge in [-0.15, -0.1) is 0 Å². The van der Waals surface area contributed by atoms with E-state index in [1.54, 1.807) is 12.3 Å². The molecule has 0 spiro atoms. The molecule has 0 unspecified atom stereocenters. The van der Waals surface area contributed by atoms with E-state index in [4.69, 9.17) is 0 Å². The molecule has 5 heteroatoms. The van der Waals surface area contributed by atoms with E-state index >= 15 is 0 Å². The third-order valence-electron chi connectivity index (χ3n) is 3.05. The monoisotopic (exact) mass is 453 g/mol. The summed E-state index contributed by atoms with van der Waals surface area (Å²) in [5, 5.41) is 12.1. The molecule has 0 saturated heterocycles. The van der Waals surface area contributed by atoms with Crippen molar-refractivity contribution in [3.63, 3.8) is 0 Å². The van der Waals surface area contributed by atoms with E-state index in [0.717, 1.165) is 22.0 Å². The summed E-state index contributed by atoms with van der Waals surface area (Å²) in [4.78, 5) is 4.40. The number of hydrogen-bond acceptors (Lipinski definition) is 2. The number of benzene rings is 3. The van der Waals surface area contributed by atoms with Gasteiger partial charge in [0.25, 0.3) is 0 Å². The van der Waals surface area contributed by atoms with Crippen LogP contribution in [0.1, 0.15) is 5.56 Å². The number of halogens is 2. The summed E-state index contributed by atoms with van der Waals surface area (Å²) in [6.07, 6.45) is 1.72. The van der Waals surface area contributed by atoms with Crippen molar-refractivity contribution < 1.29 is 20.1 Å². The molecule has 0 aromatic heterocycles. The first-order valence-corrected chi connectivity index (χ1v) is 14.2. The zero-order valence-electron chi connectivity index (χ0n) is 11.6. The van der Waals surface area contributed by atoms with Crippen molar-refractivity contribution in [1.29, 1.82) is 0 Å². The molecule has 1 N–H and O–H groups in total. The molecule has 22 heavy (non-hydrogen) atoms. The molecular weight excluding hydrogens is 442 g/mol. The number of aliphatic imine (C=N–C) groups is 1. The maximum atomic E-state index is 10.00. The summed E-state index contributed by atoms with van der Waals surface area (Å²) in [7, 11) is 0. The topological polar surface area (TPSA) is 32.6 Å². The molecule has 0 amide bonds. The van der Waals surface area contributed by atoms with Crippen LogP contribution >= 0.6 is 26.3 Å². The molecular formula is C17H13Br2NOTi. The van der Waals surface area contributed by atoms with Crippen LogP contribution in [0.2, 0.25) is 0 Å². The van der Waals surface area contributed by atoms with E-state index in [-0.39, 0.29) is 20.7 Å². The van der Waals surface area contributed by atoms with Gasteiger partial charge < -0.3 is 5.11 Å². The van der Waals surface area contributed by atoms with Crippen molar-refractivity contribution in [2.75, 3.05) is 0 Å². The van der Waals surface area contributed by atoms with Crippen molar-refractivity contribution in [1.82, 2.24) is 0 Å². The van der Waals surface area contributed by atoms with E-state index in [1.807, 2.05) is 60.7 Å². The summed E-state index contributed by atoms with van der Waals surface area (Å²) >= 11 is 6.50. The van der Waals surface area contributed by atoms with E-state index in [0.29, 0.717) is 0 Å². The first-order valence-electron chi connectivity index (χ1n) is 6.52. The molecule has 0 aliphatic carbocycles. The van der Waals surface area contributed by atoms with Crippen molar-refractivity contribution in [3.05, 3.63) is 72.3 Å². The Bertz CT molecular complexity index is 763. The van der Waals surface area contributed by atoms with Gasteiger partial charge in [-0.25, -0.2) is 0 Å². The standard InChI is InChI=1S/C17H13NO.2BrH.Ti/c19-17-11-10-13-6-4-5-9-15(13)16(17)12-18-14-7-2-1-3-8-14;;;/h1-12,19H;2*1H;/q;;;+2/p-2. The molecule has 0 aliphatic rings. The van der Waals surface area contributed by atoms with Crippen LogP contribution in [0.3, 0.4) is 0 Å². The van der Waals surface area contributed by atoms with Gasteiger partial charge in [0.05, 0.1) is 5.69 Å². The van der Waals surface area contributed by atoms with Crippen molar-refractivity contribution in [3.8, 4) is 5.75 Å². The molecule has 0 radical (unpaired) electrons. The fourth-order valence-corrected chi connectivity index (χ4v) is 2.07. The van der Waals surface area contributed by atoms with Gasteiger partial charge in [0.15, 0.2) is 0 Å². The molecule has 0 heterocycles. The number of phenolic OH excluding ortho intramolecular Hbond substituents is 1. The Labute approximate surface area is 151 Å². The normalized spacial score (nSPS) is 10.3. The first-order chi connectivity index (χ1) is 10.8. The Morgan fingerprint density at radius 1 is 0.864 bits per heavy atom. The quantitative estimate of drug-likeness (QED) is 0.374. The number of fused-ring (bicyclic) bond motifs is 1. The molecule has 3 aromatic carbocycles. The molecule has 3 rings (SSSR count). The van der Waals surface area contributed by atoms with Crippen LogP contribution < -0.4 is 0 Å². The van der Waals surface area contributed by atoms with Gasteiger partial charge >= 0.3 is 41.3 Å². The van der Waals surface area contributed by atoms with Crippen LogP contribution in [-0.4, -0.2) is 11.3 Å². The van der Waals surface area contributed by atoms with Crippen molar-refractivity contribution in [2.45, 2.75) is 0 Å². The average molecular weight is 455 g/mol. The molecule has 0 aliphatic heterocycles. The van der Waals surface area contributed by atoms with Crippen LogP contribution in [0.4, 0.5) is 5.69 Å². The number of aromatic hydroxyl groups is 1. The second kappa shape index (κ2) is 9.26. The Balaban J connectivity index is 0.000000545. The number of para-hydroxylation sites is 1. The Morgan fingerprint density at radius 2 is 1.50 bits per heavy atom. The summed E-state index contributed by atoms with van der Waals surface area (Å²) in [6, 6.07) is 21.3. The number of phenols is 1. The van der Waals surface area contributed by atoms with Gasteiger partial charge in [-0.1, -0.05) is 48.5 Å². The SMILES string of the molecule is Oc1ccc2ccccc2c1C=Nc1ccccc1.[Br][Ti][Br]. The van der Waals surface area contributed by atoms with Gasteiger partial charge in [-0.3, -0.25) is 4.99 Å². The van der Waals surface area contributed by atoms with E-state index in [9.17, 15) is 5.11 Å². The van der Waals surface area contributed by atoms with E-state index < -0.39 is 0 Å². The fraction of sp³-hybridized carbons (Fsp3) is 0. The summed E-state index contributed by atoms with van der Waals surface area (Å²) in [5.74, 6) is 0.249. The number of hydrogen-bond donors (Lipinski definition) is 1. The van der Waals surface area contributed by atoms with Crippen LogP contribution in [-0.2, 0) is 15.0 Å². The Kier molecular flexibility index (Phi) is 7.33. The molecule has 3 aromatic rings. The molecule has 0 atom stereocenters. The second-order valence-electron chi connectivity index (χ2n) is 4.38. The van der Waals surface area contributed by atoms with E-state index in [1.165, 1.54) is 0 Å². The summed E-state index contributed by atoms with van der Waals surface area (Å²) in [6.45, 7) is 0. The second-order valence-corrected chi connectivity index (χ2v) is 12.3. The Hall–Kier alpha value is -0.936. The zero-order chi connectivity index (χ0) is 15.8. The van der Waals surface area contributed by atoms with Crippen molar-refractivity contribution in [2.24, 2.45) is 4.99 Å². The third-order valence-corrected chi connectivity index (χ3v) is 3.05. The number of rotatable bonds is 2. The minimum atomic E-state index is 0.125.